The van der Waals surface area contributed by atoms with Crippen molar-refractivity contribution in [2.45, 2.75) is 46.7 Å². The van der Waals surface area contributed by atoms with Gasteiger partial charge in [0.1, 0.15) is 12.6 Å². The van der Waals surface area contributed by atoms with Crippen molar-refractivity contribution in [3.05, 3.63) is 101 Å². The zero-order valence-corrected chi connectivity index (χ0v) is 23.6. The van der Waals surface area contributed by atoms with Crippen LogP contribution >= 0.6 is 0 Å². The van der Waals surface area contributed by atoms with Crippen LogP contribution < -0.4 is 9.62 Å². The third-order valence-corrected chi connectivity index (χ3v) is 7.66. The Morgan fingerprint density at radius 3 is 2.18 bits per heavy atom. The number of sulfonamides is 1. The highest BCUT2D eigenvalue weighted by Crippen LogP contribution is 2.25. The summed E-state index contributed by atoms with van der Waals surface area (Å²) in [6.07, 6.45) is 1.39. The van der Waals surface area contributed by atoms with Crippen LogP contribution in [0, 0.1) is 20.8 Å². The van der Waals surface area contributed by atoms with Crippen LogP contribution in [0.25, 0.3) is 0 Å². The van der Waals surface area contributed by atoms with Crippen LogP contribution in [0.1, 0.15) is 34.7 Å². The number of aryl methyl sites for hydroxylation is 3. The molecular formula is C30H37N3O4S. The highest BCUT2D eigenvalue weighted by atomic mass is 32.2. The number of amides is 2. The average molecular weight is 536 g/mol. The van der Waals surface area contributed by atoms with Gasteiger partial charge >= 0.3 is 0 Å². The van der Waals surface area contributed by atoms with Crippen molar-refractivity contribution in [1.82, 2.24) is 10.2 Å². The fourth-order valence-electron chi connectivity index (χ4n) is 4.40. The first-order chi connectivity index (χ1) is 18.0. The number of rotatable bonds is 11. The quantitative estimate of drug-likeness (QED) is 0.400. The highest BCUT2D eigenvalue weighted by molar-refractivity contribution is 7.92. The number of nitrogens with zero attached hydrogens (tertiary/aromatic N) is 2. The predicted octanol–water partition coefficient (Wildman–Crippen LogP) is 4.15. The molecule has 0 aliphatic rings. The van der Waals surface area contributed by atoms with E-state index in [-0.39, 0.29) is 12.5 Å². The van der Waals surface area contributed by atoms with E-state index >= 15 is 0 Å². The number of carbonyl (C=O) groups is 2. The molecule has 0 spiro atoms. The lowest BCUT2D eigenvalue weighted by atomic mass is 10.0. The largest absolute Gasteiger partial charge is 0.355 e. The molecular weight excluding hydrogens is 498 g/mol. The summed E-state index contributed by atoms with van der Waals surface area (Å²) in [6, 6.07) is 21.9. The molecule has 0 saturated carbocycles. The molecule has 0 fully saturated rings. The summed E-state index contributed by atoms with van der Waals surface area (Å²) >= 11 is 0. The summed E-state index contributed by atoms with van der Waals surface area (Å²) in [5, 5.41) is 2.87. The van der Waals surface area contributed by atoms with Gasteiger partial charge in [0.2, 0.25) is 21.8 Å². The van der Waals surface area contributed by atoms with Crippen LogP contribution in [-0.2, 0) is 32.6 Å². The van der Waals surface area contributed by atoms with Crippen molar-refractivity contribution in [3.8, 4) is 0 Å². The molecule has 1 atom stereocenters. The Bertz CT molecular complexity index is 1370. The van der Waals surface area contributed by atoms with Crippen LogP contribution in [0.4, 0.5) is 5.69 Å². The Balaban J connectivity index is 2.08. The molecule has 1 N–H and O–H groups in total. The Hall–Kier alpha value is -3.65. The second-order valence-corrected chi connectivity index (χ2v) is 11.5. The van der Waals surface area contributed by atoms with Crippen LogP contribution in [0.3, 0.4) is 0 Å². The fraction of sp³-hybridized carbons (Fsp3) is 0.333. The molecule has 0 aliphatic carbocycles. The van der Waals surface area contributed by atoms with Gasteiger partial charge in [0, 0.05) is 19.5 Å². The van der Waals surface area contributed by atoms with E-state index in [1.54, 1.807) is 6.07 Å². The van der Waals surface area contributed by atoms with Gasteiger partial charge in [-0.2, -0.15) is 0 Å². The lowest BCUT2D eigenvalue weighted by Crippen LogP contribution is -2.53. The second kappa shape index (κ2) is 12.7. The molecule has 0 aromatic heterocycles. The summed E-state index contributed by atoms with van der Waals surface area (Å²) in [5.74, 6) is -0.734. The fourth-order valence-corrected chi connectivity index (χ4v) is 5.30. The zero-order chi connectivity index (χ0) is 27.9. The topological polar surface area (TPSA) is 86.8 Å². The van der Waals surface area contributed by atoms with Gasteiger partial charge in [-0.05, 0) is 61.6 Å². The van der Waals surface area contributed by atoms with E-state index in [9.17, 15) is 18.0 Å². The summed E-state index contributed by atoms with van der Waals surface area (Å²) in [7, 11) is -3.80. The molecule has 38 heavy (non-hydrogen) atoms. The van der Waals surface area contributed by atoms with Crippen molar-refractivity contribution in [2.75, 3.05) is 23.7 Å². The summed E-state index contributed by atoms with van der Waals surface area (Å²) < 4.78 is 27.0. The molecule has 3 aromatic carbocycles. The number of hydrogen-bond acceptors (Lipinski definition) is 4. The summed E-state index contributed by atoms with van der Waals surface area (Å²) in [6.45, 7) is 7.64. The maximum atomic E-state index is 14.1. The van der Waals surface area contributed by atoms with Crippen molar-refractivity contribution < 1.29 is 18.0 Å². The van der Waals surface area contributed by atoms with E-state index in [4.69, 9.17) is 0 Å². The molecule has 7 nitrogen and oxygen atoms in total. The van der Waals surface area contributed by atoms with Gasteiger partial charge in [0.05, 0.1) is 11.9 Å². The van der Waals surface area contributed by atoms with Crippen molar-refractivity contribution in [2.24, 2.45) is 0 Å². The first-order valence-electron chi connectivity index (χ1n) is 12.7. The van der Waals surface area contributed by atoms with Gasteiger partial charge < -0.3 is 10.2 Å². The van der Waals surface area contributed by atoms with E-state index in [0.29, 0.717) is 18.7 Å². The smallest absolute Gasteiger partial charge is 0.244 e. The van der Waals surface area contributed by atoms with Crippen LogP contribution in [0.5, 0.6) is 0 Å². The normalized spacial score (nSPS) is 12.0. The molecule has 3 aromatic rings. The molecule has 1 unspecified atom stereocenters. The van der Waals surface area contributed by atoms with Crippen LogP contribution in [0.2, 0.25) is 0 Å². The molecule has 8 heteroatoms. The lowest BCUT2D eigenvalue weighted by Gasteiger charge is -2.34. The number of carbonyl (C=O) groups excluding carboxylic acids is 2. The van der Waals surface area contributed by atoms with Gasteiger partial charge in [-0.15, -0.1) is 0 Å². The zero-order valence-electron chi connectivity index (χ0n) is 22.8. The van der Waals surface area contributed by atoms with Crippen molar-refractivity contribution in [3.63, 3.8) is 0 Å². The predicted molar refractivity (Wildman–Crippen MR) is 152 cm³/mol. The maximum Gasteiger partial charge on any atom is 0.244 e. The van der Waals surface area contributed by atoms with Crippen molar-refractivity contribution >= 4 is 27.5 Å². The molecule has 3 rings (SSSR count). The van der Waals surface area contributed by atoms with E-state index in [0.717, 1.165) is 38.4 Å². The Kier molecular flexibility index (Phi) is 9.69. The molecule has 0 aliphatic heterocycles. The third kappa shape index (κ3) is 7.44. The minimum atomic E-state index is -3.80. The lowest BCUT2D eigenvalue weighted by molar-refractivity contribution is -0.140. The first kappa shape index (κ1) is 28.9. The summed E-state index contributed by atoms with van der Waals surface area (Å²) in [4.78, 5) is 29.0. The molecule has 0 radical (unpaired) electrons. The molecule has 0 heterocycles. The SMILES string of the molecule is CCNC(=O)C(Cc1ccccc1)N(Cc1ccccc1C)C(=O)CN(c1cc(C)ccc1C)S(C)(=O)=O. The molecule has 2 amide bonds. The summed E-state index contributed by atoms with van der Waals surface area (Å²) in [5.41, 5.74) is 4.85. The first-order valence-corrected chi connectivity index (χ1v) is 14.6. The van der Waals surface area contributed by atoms with Crippen LogP contribution in [-0.4, -0.2) is 50.5 Å². The Morgan fingerprint density at radius 2 is 1.55 bits per heavy atom. The van der Waals surface area contributed by atoms with Gasteiger partial charge in [-0.25, -0.2) is 8.42 Å². The van der Waals surface area contributed by atoms with Gasteiger partial charge in [0.15, 0.2) is 0 Å². The minimum absolute atomic E-state index is 0.171. The minimum Gasteiger partial charge on any atom is -0.355 e. The Morgan fingerprint density at radius 1 is 0.895 bits per heavy atom. The number of nitrogens with one attached hydrogen (secondary N) is 1. The van der Waals surface area contributed by atoms with Crippen LogP contribution in [0.15, 0.2) is 72.8 Å². The van der Waals surface area contributed by atoms with Gasteiger partial charge in [-0.1, -0.05) is 66.7 Å². The number of anilines is 1. The van der Waals surface area contributed by atoms with E-state index in [2.05, 4.69) is 5.32 Å². The van der Waals surface area contributed by atoms with Gasteiger partial charge in [0.25, 0.3) is 0 Å². The monoisotopic (exact) mass is 535 g/mol. The van der Waals surface area contributed by atoms with E-state index in [1.807, 2.05) is 94.4 Å². The Labute approximate surface area is 226 Å². The number of benzene rings is 3. The number of hydrogen-bond donors (Lipinski definition) is 1. The molecule has 0 bridgehead atoms. The van der Waals surface area contributed by atoms with E-state index < -0.39 is 28.5 Å². The number of likely N-dealkylation sites (N-methyl/N-ethyl adjacent to an activating group) is 1. The molecule has 202 valence electrons. The average Bonchev–Trinajstić information content (AvgIpc) is 2.87. The molecule has 0 saturated heterocycles. The second-order valence-electron chi connectivity index (χ2n) is 9.61. The van der Waals surface area contributed by atoms with Gasteiger partial charge in [-0.3, -0.25) is 13.9 Å². The standard InChI is InChI=1S/C30H37N3O4S/c1-6-31-30(35)28(19-25-13-8-7-9-14-25)32(20-26-15-11-10-12-23(26)3)29(34)21-33(38(5,36)37)27-18-22(2)16-17-24(27)4/h7-18,28H,6,19-21H2,1-5H3,(H,31,35). The maximum absolute atomic E-state index is 14.1. The van der Waals surface area contributed by atoms with Crippen molar-refractivity contribution in [1.29, 1.82) is 0 Å². The highest BCUT2D eigenvalue weighted by Gasteiger charge is 2.33. The third-order valence-electron chi connectivity index (χ3n) is 6.54. The van der Waals surface area contributed by atoms with E-state index in [1.165, 1.54) is 4.90 Å².